The van der Waals surface area contributed by atoms with Crippen LogP contribution in [0.25, 0.3) is 32.3 Å². The van der Waals surface area contributed by atoms with Crippen LogP contribution in [-0.2, 0) is 12.8 Å². The van der Waals surface area contributed by atoms with Crippen molar-refractivity contribution in [1.29, 1.82) is 5.41 Å². The van der Waals surface area contributed by atoms with Crippen molar-refractivity contribution in [2.75, 3.05) is 41.7 Å². The first-order valence-corrected chi connectivity index (χ1v) is 18.0. The van der Waals surface area contributed by atoms with Crippen LogP contribution in [0.2, 0.25) is 0 Å². The van der Waals surface area contributed by atoms with Gasteiger partial charge in [-0.05, 0) is 120 Å². The van der Waals surface area contributed by atoms with E-state index in [1.807, 2.05) is 60.7 Å². The van der Waals surface area contributed by atoms with Gasteiger partial charge < -0.3 is 34.2 Å². The van der Waals surface area contributed by atoms with E-state index in [0.717, 1.165) is 122 Å². The quantitative estimate of drug-likeness (QED) is 0.0963. The maximum absolute atomic E-state index is 8.64. The smallest absolute Gasteiger partial charge is 0.168 e. The van der Waals surface area contributed by atoms with Crippen molar-refractivity contribution >= 4 is 44.0 Å². The van der Waals surface area contributed by atoms with Crippen molar-refractivity contribution in [2.24, 2.45) is 10.7 Å². The predicted octanol–water partition coefficient (Wildman–Crippen LogP) is 9.03. The molecular formula is C44H45N3O6. The Bertz CT molecular complexity index is 2350. The number of nitrogens with zero attached hydrogens (tertiary/aromatic N) is 1. The number of hydrogen-bond donors (Lipinski definition) is 2. The van der Waals surface area contributed by atoms with Gasteiger partial charge in [-0.15, -0.1) is 0 Å². The van der Waals surface area contributed by atoms with Crippen molar-refractivity contribution in [3.8, 4) is 34.5 Å². The first-order chi connectivity index (χ1) is 25.9. The maximum atomic E-state index is 8.64. The first kappa shape index (κ1) is 35.4. The molecule has 0 radical (unpaired) electrons. The number of methoxy groups -OCH3 is 4. The molecule has 0 spiro atoms. The zero-order valence-corrected chi connectivity index (χ0v) is 30.7. The third kappa shape index (κ3) is 7.24. The van der Waals surface area contributed by atoms with Crippen LogP contribution in [-0.4, -0.2) is 53.3 Å². The van der Waals surface area contributed by atoms with Crippen LogP contribution in [0.3, 0.4) is 0 Å². The van der Waals surface area contributed by atoms with Gasteiger partial charge in [0.1, 0.15) is 17.3 Å². The molecule has 0 saturated heterocycles. The molecule has 7 rings (SSSR count). The van der Waals surface area contributed by atoms with Gasteiger partial charge in [-0.2, -0.15) is 0 Å². The molecule has 272 valence electrons. The fourth-order valence-corrected chi connectivity index (χ4v) is 7.27. The average Bonchev–Trinajstić information content (AvgIpc) is 3.49. The second kappa shape index (κ2) is 15.7. The van der Waals surface area contributed by atoms with Gasteiger partial charge in [0.2, 0.25) is 0 Å². The lowest BCUT2D eigenvalue weighted by atomic mass is 9.90. The molecule has 0 aromatic heterocycles. The Labute approximate surface area is 309 Å². The van der Waals surface area contributed by atoms with E-state index >= 15 is 0 Å². The Morgan fingerprint density at radius 3 is 1.68 bits per heavy atom. The number of unbranched alkanes of at least 4 members (excludes halogenated alkanes) is 2. The van der Waals surface area contributed by atoms with Gasteiger partial charge in [0, 0.05) is 21.9 Å². The summed E-state index contributed by atoms with van der Waals surface area (Å²) in [5.41, 5.74) is 10.5. The highest BCUT2D eigenvalue weighted by Gasteiger charge is 2.25. The molecule has 1 aliphatic rings. The van der Waals surface area contributed by atoms with Crippen molar-refractivity contribution in [3.63, 3.8) is 0 Å². The summed E-state index contributed by atoms with van der Waals surface area (Å²) in [4.78, 5) is 4.36. The van der Waals surface area contributed by atoms with Gasteiger partial charge in [0.15, 0.2) is 28.8 Å². The number of amidine groups is 2. The number of benzene rings is 6. The fourth-order valence-electron chi connectivity index (χ4n) is 7.27. The zero-order valence-electron chi connectivity index (χ0n) is 30.7. The minimum absolute atomic E-state index is 0.224. The third-order valence-electron chi connectivity index (χ3n) is 9.92. The van der Waals surface area contributed by atoms with Crippen LogP contribution in [0.4, 0.5) is 0 Å². The SMILES string of the molecule is COc1ccc2c(OC)c(OCCCCc3ccc4c5c(c(CCCCOc6ccc7cc(OC)ccc7c6OC)cc4c3)C(N)=NC5=N)ccc2c1. The molecule has 53 heavy (non-hydrogen) atoms. The lowest BCUT2D eigenvalue weighted by molar-refractivity contribution is 0.288. The second-order valence-electron chi connectivity index (χ2n) is 13.2. The molecule has 1 aliphatic heterocycles. The molecule has 0 atom stereocenters. The van der Waals surface area contributed by atoms with E-state index in [9.17, 15) is 0 Å². The van der Waals surface area contributed by atoms with Gasteiger partial charge in [-0.1, -0.05) is 36.4 Å². The average molecular weight is 712 g/mol. The number of hydrogen-bond acceptors (Lipinski definition) is 8. The summed E-state index contributed by atoms with van der Waals surface area (Å²) in [6.45, 7) is 1.13. The van der Waals surface area contributed by atoms with Crippen LogP contribution < -0.4 is 34.2 Å². The molecule has 0 fully saturated rings. The number of rotatable bonds is 16. The minimum atomic E-state index is 0.224. The molecule has 3 N–H and O–H groups in total. The van der Waals surface area contributed by atoms with Crippen LogP contribution in [0, 0.1) is 5.41 Å². The van der Waals surface area contributed by atoms with Crippen molar-refractivity contribution in [1.82, 2.24) is 0 Å². The van der Waals surface area contributed by atoms with Crippen LogP contribution in [0.15, 0.2) is 89.9 Å². The van der Waals surface area contributed by atoms with Crippen LogP contribution in [0.1, 0.15) is 47.9 Å². The molecule has 0 bridgehead atoms. The van der Waals surface area contributed by atoms with Crippen molar-refractivity contribution in [2.45, 2.75) is 38.5 Å². The zero-order chi connectivity index (χ0) is 36.9. The Morgan fingerprint density at radius 1 is 0.547 bits per heavy atom. The van der Waals surface area contributed by atoms with E-state index in [1.165, 1.54) is 5.56 Å². The number of aryl methyl sites for hydroxylation is 2. The van der Waals surface area contributed by atoms with E-state index in [1.54, 1.807) is 28.4 Å². The summed E-state index contributed by atoms with van der Waals surface area (Å²) in [6.07, 6.45) is 5.31. The molecule has 1 heterocycles. The molecule has 9 heteroatoms. The van der Waals surface area contributed by atoms with Gasteiger partial charge >= 0.3 is 0 Å². The maximum Gasteiger partial charge on any atom is 0.168 e. The normalized spacial score (nSPS) is 12.2. The fraction of sp³-hybridized carbons (Fsp3) is 0.273. The lowest BCUT2D eigenvalue weighted by Gasteiger charge is -2.15. The monoisotopic (exact) mass is 711 g/mol. The molecular weight excluding hydrogens is 666 g/mol. The third-order valence-corrected chi connectivity index (χ3v) is 9.92. The van der Waals surface area contributed by atoms with Crippen molar-refractivity contribution < 1.29 is 28.4 Å². The van der Waals surface area contributed by atoms with Crippen molar-refractivity contribution in [3.05, 3.63) is 107 Å². The lowest BCUT2D eigenvalue weighted by Crippen LogP contribution is -2.14. The Hall–Kier alpha value is -5.96. The highest BCUT2D eigenvalue weighted by molar-refractivity contribution is 6.26. The Morgan fingerprint density at radius 2 is 1.11 bits per heavy atom. The summed E-state index contributed by atoms with van der Waals surface area (Å²) < 4.78 is 34.6. The summed E-state index contributed by atoms with van der Waals surface area (Å²) in [5.74, 6) is 5.16. The second-order valence-corrected chi connectivity index (χ2v) is 13.2. The molecule has 9 nitrogen and oxygen atoms in total. The predicted molar refractivity (Wildman–Crippen MR) is 212 cm³/mol. The molecule has 0 aliphatic carbocycles. The topological polar surface area (TPSA) is 118 Å². The summed E-state index contributed by atoms with van der Waals surface area (Å²) >= 11 is 0. The highest BCUT2D eigenvalue weighted by Crippen LogP contribution is 2.39. The number of nitrogens with two attached hydrogens (primary N) is 1. The minimum Gasteiger partial charge on any atom is -0.497 e. The number of aliphatic imine (C=N–C) groups is 1. The van der Waals surface area contributed by atoms with Crippen LogP contribution >= 0.6 is 0 Å². The summed E-state index contributed by atoms with van der Waals surface area (Å²) in [5, 5.41) is 14.8. The number of fused-ring (bicyclic) bond motifs is 5. The van der Waals surface area contributed by atoms with Gasteiger partial charge in [-0.3, -0.25) is 5.41 Å². The summed E-state index contributed by atoms with van der Waals surface area (Å²) in [6, 6.07) is 28.5. The largest absolute Gasteiger partial charge is 0.497 e. The first-order valence-electron chi connectivity index (χ1n) is 18.0. The molecule has 0 unspecified atom stereocenters. The number of ether oxygens (including phenoxy) is 6. The molecule has 6 aromatic carbocycles. The van der Waals surface area contributed by atoms with Gasteiger partial charge in [0.05, 0.1) is 41.7 Å². The standard InChI is InChI=1S/C44H45N3O6/c1-48-32-14-17-35-28(25-32)12-19-37(41(35)50-3)52-21-7-5-9-27-11-16-34-31(23-27)24-30(39-40(34)44(46)47-43(39)45)10-6-8-22-53-38-20-13-29-26-33(49-2)15-18-36(29)42(38)51-4/h11-20,23-26H,5-10,21-22H2,1-4H3,(H3,45,46,47). The Kier molecular flexibility index (Phi) is 10.5. The van der Waals surface area contributed by atoms with E-state index in [0.29, 0.717) is 19.0 Å². The Balaban J connectivity index is 0.977. The van der Waals surface area contributed by atoms with E-state index in [-0.39, 0.29) is 5.84 Å². The van der Waals surface area contributed by atoms with Gasteiger partial charge in [-0.25, -0.2) is 4.99 Å². The molecule has 0 amide bonds. The van der Waals surface area contributed by atoms with E-state index < -0.39 is 0 Å². The van der Waals surface area contributed by atoms with E-state index in [4.69, 9.17) is 39.6 Å². The number of nitrogens with one attached hydrogen (secondary N) is 1. The van der Waals surface area contributed by atoms with E-state index in [2.05, 4.69) is 29.3 Å². The molecule has 6 aromatic rings. The van der Waals surface area contributed by atoms with Crippen LogP contribution in [0.5, 0.6) is 34.5 Å². The summed E-state index contributed by atoms with van der Waals surface area (Å²) in [7, 11) is 6.66. The van der Waals surface area contributed by atoms with Gasteiger partial charge in [0.25, 0.3) is 0 Å². The highest BCUT2D eigenvalue weighted by atomic mass is 16.5. The molecule has 0 saturated carbocycles.